The third kappa shape index (κ3) is 4.05. The molecule has 0 aromatic heterocycles. The lowest BCUT2D eigenvalue weighted by molar-refractivity contribution is 0.213. The minimum absolute atomic E-state index is 0.256. The fourth-order valence-electron chi connectivity index (χ4n) is 2.94. The maximum Gasteiger partial charge on any atom is 0.323 e. The van der Waals surface area contributed by atoms with Crippen molar-refractivity contribution in [2.75, 3.05) is 38.9 Å². The summed E-state index contributed by atoms with van der Waals surface area (Å²) in [4.78, 5) is 14.5. The van der Waals surface area contributed by atoms with Crippen molar-refractivity contribution in [2.24, 2.45) is 0 Å². The monoisotopic (exact) mass is 392 g/mol. The van der Waals surface area contributed by atoms with Crippen molar-refractivity contribution in [3.05, 3.63) is 47.8 Å². The van der Waals surface area contributed by atoms with Gasteiger partial charge in [0.15, 0.2) is 11.5 Å². The normalized spacial score (nSPS) is 16.1. The predicted molar refractivity (Wildman–Crippen MR) is 103 cm³/mol. The molecule has 2 aromatic rings. The summed E-state index contributed by atoms with van der Waals surface area (Å²) in [6.07, 6.45) is 0. The molecule has 1 aliphatic heterocycles. The maximum absolute atomic E-state index is 13.4. The van der Waals surface area contributed by atoms with Crippen LogP contribution in [0.4, 0.5) is 14.9 Å². The van der Waals surface area contributed by atoms with E-state index in [0.717, 1.165) is 11.3 Å². The summed E-state index contributed by atoms with van der Waals surface area (Å²) < 4.78 is 29.6. The number of nitrogens with one attached hydrogen (secondary N) is 1. The van der Waals surface area contributed by atoms with Crippen molar-refractivity contribution in [3.63, 3.8) is 0 Å². The van der Waals surface area contributed by atoms with E-state index in [1.54, 1.807) is 56.2 Å². The van der Waals surface area contributed by atoms with Gasteiger partial charge in [-0.1, -0.05) is 6.07 Å². The molecule has 2 aromatic carbocycles. The molecule has 0 saturated carbocycles. The van der Waals surface area contributed by atoms with Crippen LogP contribution in [0.15, 0.2) is 36.4 Å². The highest BCUT2D eigenvalue weighted by Gasteiger charge is 2.33. The van der Waals surface area contributed by atoms with Crippen LogP contribution in [0.5, 0.6) is 17.2 Å². The third-order valence-electron chi connectivity index (χ3n) is 4.23. The summed E-state index contributed by atoms with van der Waals surface area (Å²) in [6, 6.07) is 9.09. The Balaban J connectivity index is 1.88. The average molecular weight is 392 g/mol. The Morgan fingerprint density at radius 2 is 1.81 bits per heavy atom. The van der Waals surface area contributed by atoms with Gasteiger partial charge in [-0.3, -0.25) is 0 Å². The number of methoxy groups -OCH3 is 3. The standard InChI is InChI=1S/C19H21FN2O4S/c1-24-15-11-17(26-3)16(25-2)10-14(15)18-22(7-8-27-18)19(23)21-13-6-4-5-12(20)9-13/h4-6,9-11,18H,7-8H2,1-3H3,(H,21,23). The highest BCUT2D eigenvalue weighted by molar-refractivity contribution is 7.99. The van der Waals surface area contributed by atoms with E-state index in [0.29, 0.717) is 29.5 Å². The Labute approximate surface area is 161 Å². The zero-order valence-corrected chi connectivity index (χ0v) is 16.1. The van der Waals surface area contributed by atoms with Crippen molar-refractivity contribution in [3.8, 4) is 17.2 Å². The van der Waals surface area contributed by atoms with Crippen molar-refractivity contribution >= 4 is 23.5 Å². The van der Waals surface area contributed by atoms with Gasteiger partial charge < -0.3 is 24.4 Å². The molecule has 1 N–H and O–H groups in total. The molecule has 0 bridgehead atoms. The molecule has 1 atom stereocenters. The second-order valence-corrected chi connectivity index (χ2v) is 6.99. The molecular weight excluding hydrogens is 371 g/mol. The molecule has 144 valence electrons. The lowest BCUT2D eigenvalue weighted by Crippen LogP contribution is -2.34. The number of amides is 2. The van der Waals surface area contributed by atoms with Gasteiger partial charge in [0.1, 0.15) is 16.9 Å². The topological polar surface area (TPSA) is 60.0 Å². The first-order valence-corrected chi connectivity index (χ1v) is 9.37. The molecule has 1 unspecified atom stereocenters. The van der Waals surface area contributed by atoms with Crippen molar-refractivity contribution < 1.29 is 23.4 Å². The van der Waals surface area contributed by atoms with E-state index in [9.17, 15) is 9.18 Å². The molecule has 0 spiro atoms. The molecule has 6 nitrogen and oxygen atoms in total. The van der Waals surface area contributed by atoms with Gasteiger partial charge in [0.25, 0.3) is 0 Å². The summed E-state index contributed by atoms with van der Waals surface area (Å²) in [5.74, 6) is 2.10. The van der Waals surface area contributed by atoms with E-state index in [1.807, 2.05) is 6.07 Å². The number of rotatable bonds is 5. The summed E-state index contributed by atoms with van der Waals surface area (Å²) in [6.45, 7) is 0.563. The largest absolute Gasteiger partial charge is 0.496 e. The number of urea groups is 1. The number of carbonyl (C=O) groups excluding carboxylic acids is 1. The number of benzene rings is 2. The number of nitrogens with zero attached hydrogens (tertiary/aromatic N) is 1. The molecule has 1 heterocycles. The number of hydrogen-bond acceptors (Lipinski definition) is 5. The first kappa shape index (κ1) is 19.2. The lowest BCUT2D eigenvalue weighted by Gasteiger charge is -2.26. The average Bonchev–Trinajstić information content (AvgIpc) is 3.16. The van der Waals surface area contributed by atoms with Crippen LogP contribution in [0.3, 0.4) is 0 Å². The van der Waals surface area contributed by atoms with E-state index in [-0.39, 0.29) is 11.4 Å². The minimum atomic E-state index is -0.401. The van der Waals surface area contributed by atoms with Crippen molar-refractivity contribution in [1.82, 2.24) is 4.90 Å². The minimum Gasteiger partial charge on any atom is -0.496 e. The first-order chi connectivity index (χ1) is 13.1. The SMILES string of the molecule is COc1cc(OC)c(C2SCCN2C(=O)Nc2cccc(F)c2)cc1OC. The first-order valence-electron chi connectivity index (χ1n) is 8.32. The van der Waals surface area contributed by atoms with E-state index < -0.39 is 5.82 Å². The summed E-state index contributed by atoms with van der Waals surface area (Å²) in [5.41, 5.74) is 1.22. The summed E-state index contributed by atoms with van der Waals surface area (Å²) >= 11 is 1.62. The summed E-state index contributed by atoms with van der Waals surface area (Å²) in [5, 5.41) is 2.49. The number of thioether (sulfide) groups is 1. The Bertz CT molecular complexity index is 833. The van der Waals surface area contributed by atoms with Gasteiger partial charge in [-0.15, -0.1) is 11.8 Å². The van der Waals surface area contributed by atoms with Gasteiger partial charge in [-0.05, 0) is 24.3 Å². The molecule has 8 heteroatoms. The molecule has 0 radical (unpaired) electrons. The third-order valence-corrected chi connectivity index (χ3v) is 5.47. The number of ether oxygens (including phenoxy) is 3. The Morgan fingerprint density at radius 3 is 2.48 bits per heavy atom. The molecule has 2 amide bonds. The smallest absolute Gasteiger partial charge is 0.323 e. The van der Waals surface area contributed by atoms with E-state index in [4.69, 9.17) is 14.2 Å². The predicted octanol–water partition coefficient (Wildman–Crippen LogP) is 4.13. The van der Waals surface area contributed by atoms with Crippen molar-refractivity contribution in [2.45, 2.75) is 5.37 Å². The fraction of sp³-hybridized carbons (Fsp3) is 0.316. The molecule has 1 aliphatic rings. The fourth-order valence-corrected chi connectivity index (χ4v) is 4.21. The highest BCUT2D eigenvalue weighted by atomic mass is 32.2. The van der Waals surface area contributed by atoms with Crippen LogP contribution < -0.4 is 19.5 Å². The molecular formula is C19H21FN2O4S. The van der Waals surface area contributed by atoms with Crippen LogP contribution in [0.2, 0.25) is 0 Å². The summed E-state index contributed by atoms with van der Waals surface area (Å²) in [7, 11) is 4.69. The van der Waals surface area contributed by atoms with Crippen LogP contribution in [0.25, 0.3) is 0 Å². The Kier molecular flexibility index (Phi) is 5.95. The molecule has 1 fully saturated rings. The number of anilines is 1. The number of carbonyl (C=O) groups is 1. The van der Waals surface area contributed by atoms with Gasteiger partial charge >= 0.3 is 6.03 Å². The second-order valence-electron chi connectivity index (χ2n) is 5.81. The number of hydrogen-bond donors (Lipinski definition) is 1. The van der Waals surface area contributed by atoms with Gasteiger partial charge in [0, 0.05) is 29.6 Å². The van der Waals surface area contributed by atoms with Gasteiger partial charge in [0.2, 0.25) is 0 Å². The van der Waals surface area contributed by atoms with Gasteiger partial charge in [0.05, 0.1) is 21.3 Å². The van der Waals surface area contributed by atoms with E-state index in [2.05, 4.69) is 5.32 Å². The Morgan fingerprint density at radius 1 is 1.11 bits per heavy atom. The molecule has 3 rings (SSSR count). The lowest BCUT2D eigenvalue weighted by atomic mass is 10.1. The molecule has 0 aliphatic carbocycles. The molecule has 27 heavy (non-hydrogen) atoms. The van der Waals surface area contributed by atoms with Crippen LogP contribution in [0.1, 0.15) is 10.9 Å². The molecule has 1 saturated heterocycles. The van der Waals surface area contributed by atoms with E-state index >= 15 is 0 Å². The maximum atomic E-state index is 13.4. The highest BCUT2D eigenvalue weighted by Crippen LogP contribution is 2.46. The van der Waals surface area contributed by atoms with Gasteiger partial charge in [-0.2, -0.15) is 0 Å². The zero-order valence-electron chi connectivity index (χ0n) is 15.3. The van der Waals surface area contributed by atoms with Crippen LogP contribution in [0, 0.1) is 5.82 Å². The second kappa shape index (κ2) is 8.39. The number of halogens is 1. The van der Waals surface area contributed by atoms with Crippen molar-refractivity contribution in [1.29, 1.82) is 0 Å². The van der Waals surface area contributed by atoms with Gasteiger partial charge in [-0.25, -0.2) is 9.18 Å². The quantitative estimate of drug-likeness (QED) is 0.829. The van der Waals surface area contributed by atoms with E-state index in [1.165, 1.54) is 12.1 Å². The van der Waals surface area contributed by atoms with Crippen LogP contribution in [-0.2, 0) is 0 Å². The van der Waals surface area contributed by atoms with Crippen LogP contribution in [-0.4, -0.2) is 44.6 Å². The zero-order chi connectivity index (χ0) is 19.4. The van der Waals surface area contributed by atoms with Crippen LogP contribution >= 0.6 is 11.8 Å². The Hall–Kier alpha value is -2.61.